The maximum Gasteiger partial charge on any atom is 0.266 e. The Hall–Kier alpha value is -5.07. The van der Waals surface area contributed by atoms with Crippen LogP contribution in [0, 0.1) is 18.3 Å². The van der Waals surface area contributed by atoms with Crippen LogP contribution in [-0.4, -0.2) is 38.0 Å². The Morgan fingerprint density at radius 3 is 2.54 bits per heavy atom. The van der Waals surface area contributed by atoms with E-state index >= 15 is 0 Å². The van der Waals surface area contributed by atoms with Crippen LogP contribution in [0.5, 0.6) is 0 Å². The quantitative estimate of drug-likeness (QED) is 0.307. The van der Waals surface area contributed by atoms with Crippen molar-refractivity contribution in [2.75, 3.05) is 18.8 Å². The van der Waals surface area contributed by atoms with Crippen molar-refractivity contribution in [3.05, 3.63) is 111 Å². The number of hydrogen-bond donors (Lipinski definition) is 2. The summed E-state index contributed by atoms with van der Waals surface area (Å²) < 4.78 is 3.34. The molecule has 9 nitrogen and oxygen atoms in total. The molecular formula is C32H29N7O2. The molecule has 0 amide bonds. The van der Waals surface area contributed by atoms with Crippen molar-refractivity contribution in [3.8, 4) is 22.9 Å². The minimum atomic E-state index is -0.435. The number of ketones is 1. The lowest BCUT2D eigenvalue weighted by Crippen LogP contribution is -2.28. The highest BCUT2D eigenvalue weighted by atomic mass is 16.1. The molecule has 4 heterocycles. The van der Waals surface area contributed by atoms with Crippen LogP contribution in [0.1, 0.15) is 51.6 Å². The number of pyridine rings is 1. The van der Waals surface area contributed by atoms with E-state index in [9.17, 15) is 14.9 Å². The minimum Gasteiger partial charge on any atom is -0.382 e. The maximum atomic E-state index is 13.4. The van der Waals surface area contributed by atoms with Gasteiger partial charge in [0.1, 0.15) is 17.9 Å². The zero-order valence-electron chi connectivity index (χ0n) is 22.7. The fourth-order valence-electron chi connectivity index (χ4n) is 5.71. The number of nitrogens with one attached hydrogen (secondary N) is 1. The lowest BCUT2D eigenvalue weighted by atomic mass is 9.94. The monoisotopic (exact) mass is 543 g/mol. The predicted octanol–water partition coefficient (Wildman–Crippen LogP) is 4.20. The Bertz CT molecular complexity index is 1860. The molecule has 0 saturated carbocycles. The van der Waals surface area contributed by atoms with Crippen LogP contribution in [0.2, 0.25) is 0 Å². The number of nitrogens with two attached hydrogens (primary N) is 1. The van der Waals surface area contributed by atoms with Crippen LogP contribution < -0.4 is 16.6 Å². The molecule has 6 rings (SSSR count). The molecule has 0 radical (unpaired) electrons. The number of carbonyl (C=O) groups is 1. The Morgan fingerprint density at radius 1 is 1.10 bits per heavy atom. The summed E-state index contributed by atoms with van der Waals surface area (Å²) in [6, 6.07) is 22.4. The number of piperidine rings is 1. The number of carbonyl (C=O) groups excluding carboxylic acids is 1. The molecule has 0 spiro atoms. The summed E-state index contributed by atoms with van der Waals surface area (Å²) in [7, 11) is 0. The number of benzene rings is 2. The van der Waals surface area contributed by atoms with Crippen LogP contribution >= 0.6 is 0 Å². The molecule has 0 aliphatic carbocycles. The summed E-state index contributed by atoms with van der Waals surface area (Å²) in [5, 5.41) is 17.6. The second-order valence-electron chi connectivity index (χ2n) is 10.4. The fraction of sp³-hybridized carbons (Fsp3) is 0.219. The maximum absolute atomic E-state index is 13.4. The SMILES string of the molecule is Cc1c(C#N)cc(C(=O)Cc2ccc(-c3cc(C4CCNCC4)n4ncnc(N)c34)cc2)c(=O)n1-c1ccccc1. The standard InChI is InChI=1S/C32H29N7O2/c1-20-24(18-33)16-27(32(41)38(20)25-5-3-2-4-6-25)29(40)15-21-7-9-22(10-8-21)26-17-28(23-11-13-35-14-12-23)39-30(26)31(34)36-19-37-39/h2-10,16-17,19,23,35H,11-15H2,1H3,(H2,34,36,37). The number of Topliss-reactive ketones (excluding diaryl/α,β-unsaturated/α-hetero) is 1. The van der Waals surface area contributed by atoms with Gasteiger partial charge in [0, 0.05) is 35.0 Å². The first-order chi connectivity index (χ1) is 20.0. The van der Waals surface area contributed by atoms with Gasteiger partial charge in [0.2, 0.25) is 0 Å². The van der Waals surface area contributed by atoms with Crippen LogP contribution in [0.4, 0.5) is 5.82 Å². The number of nitriles is 1. The number of rotatable bonds is 6. The number of hydrogen-bond acceptors (Lipinski definition) is 7. The van der Waals surface area contributed by atoms with Crippen LogP contribution in [0.15, 0.2) is 77.9 Å². The molecule has 1 saturated heterocycles. The summed E-state index contributed by atoms with van der Waals surface area (Å²) in [6.45, 7) is 3.63. The lowest BCUT2D eigenvalue weighted by molar-refractivity contribution is 0.0991. The van der Waals surface area contributed by atoms with Gasteiger partial charge >= 0.3 is 0 Å². The van der Waals surface area contributed by atoms with Crippen molar-refractivity contribution in [2.45, 2.75) is 32.1 Å². The van der Waals surface area contributed by atoms with E-state index in [0.717, 1.165) is 53.8 Å². The number of fused-ring (bicyclic) bond motifs is 1. The van der Waals surface area contributed by atoms with E-state index in [-0.39, 0.29) is 23.3 Å². The summed E-state index contributed by atoms with van der Waals surface area (Å²) in [4.78, 5) is 31.0. The first kappa shape index (κ1) is 26.2. The van der Waals surface area contributed by atoms with E-state index in [1.54, 1.807) is 19.1 Å². The summed E-state index contributed by atoms with van der Waals surface area (Å²) in [6.07, 6.45) is 3.56. The molecule has 5 aromatic rings. The molecule has 1 fully saturated rings. The van der Waals surface area contributed by atoms with Gasteiger partial charge in [0.15, 0.2) is 11.6 Å². The van der Waals surface area contributed by atoms with Crippen molar-refractivity contribution in [2.24, 2.45) is 0 Å². The van der Waals surface area contributed by atoms with Gasteiger partial charge in [-0.3, -0.25) is 14.2 Å². The lowest BCUT2D eigenvalue weighted by Gasteiger charge is -2.22. The van der Waals surface area contributed by atoms with Crippen molar-refractivity contribution in [3.63, 3.8) is 0 Å². The Balaban J connectivity index is 1.32. The third-order valence-electron chi connectivity index (χ3n) is 7.88. The number of anilines is 1. The third kappa shape index (κ3) is 4.79. The molecule has 1 aliphatic heterocycles. The molecule has 204 valence electrons. The Morgan fingerprint density at radius 2 is 1.83 bits per heavy atom. The smallest absolute Gasteiger partial charge is 0.266 e. The Kier molecular flexibility index (Phi) is 6.91. The van der Waals surface area contributed by atoms with Gasteiger partial charge in [-0.05, 0) is 68.2 Å². The average molecular weight is 544 g/mol. The van der Waals surface area contributed by atoms with E-state index < -0.39 is 5.56 Å². The van der Waals surface area contributed by atoms with Crippen molar-refractivity contribution >= 4 is 17.1 Å². The van der Waals surface area contributed by atoms with E-state index in [1.807, 2.05) is 47.0 Å². The molecule has 1 aliphatic rings. The van der Waals surface area contributed by atoms with Gasteiger partial charge in [-0.25, -0.2) is 9.50 Å². The van der Waals surface area contributed by atoms with Gasteiger partial charge in [0.05, 0.1) is 11.1 Å². The van der Waals surface area contributed by atoms with Crippen molar-refractivity contribution < 1.29 is 4.79 Å². The average Bonchev–Trinajstić information content (AvgIpc) is 3.40. The zero-order valence-corrected chi connectivity index (χ0v) is 22.7. The third-order valence-corrected chi connectivity index (χ3v) is 7.88. The van der Waals surface area contributed by atoms with E-state index in [2.05, 4.69) is 27.5 Å². The first-order valence-corrected chi connectivity index (χ1v) is 13.6. The molecule has 9 heteroatoms. The normalized spacial score (nSPS) is 13.8. The fourth-order valence-corrected chi connectivity index (χ4v) is 5.71. The summed E-state index contributed by atoms with van der Waals surface area (Å²) >= 11 is 0. The van der Waals surface area contributed by atoms with Gasteiger partial charge in [-0.1, -0.05) is 42.5 Å². The van der Waals surface area contributed by atoms with Crippen LogP contribution in [0.3, 0.4) is 0 Å². The number of para-hydroxylation sites is 1. The first-order valence-electron chi connectivity index (χ1n) is 13.6. The second-order valence-corrected chi connectivity index (χ2v) is 10.4. The Labute approximate surface area is 236 Å². The molecule has 3 aromatic heterocycles. The summed E-state index contributed by atoms with van der Waals surface area (Å²) in [5.74, 6) is 0.442. The minimum absolute atomic E-state index is 0.00459. The number of nitrogens with zero attached hydrogens (tertiary/aromatic N) is 5. The van der Waals surface area contributed by atoms with Crippen LogP contribution in [-0.2, 0) is 6.42 Å². The topological polar surface area (TPSA) is 131 Å². The highest BCUT2D eigenvalue weighted by molar-refractivity contribution is 5.98. The van der Waals surface area contributed by atoms with E-state index in [4.69, 9.17) is 5.73 Å². The molecular weight excluding hydrogens is 514 g/mol. The highest BCUT2D eigenvalue weighted by Gasteiger charge is 2.23. The highest BCUT2D eigenvalue weighted by Crippen LogP contribution is 2.35. The van der Waals surface area contributed by atoms with E-state index in [1.165, 1.54) is 17.0 Å². The summed E-state index contributed by atoms with van der Waals surface area (Å²) in [5.41, 5.74) is 11.8. The largest absolute Gasteiger partial charge is 0.382 e. The van der Waals surface area contributed by atoms with Crippen molar-refractivity contribution in [1.29, 1.82) is 5.26 Å². The van der Waals surface area contributed by atoms with Crippen LogP contribution in [0.25, 0.3) is 22.3 Å². The van der Waals surface area contributed by atoms with Crippen molar-refractivity contribution in [1.82, 2.24) is 24.5 Å². The number of nitrogen functional groups attached to an aromatic ring is 1. The van der Waals surface area contributed by atoms with Gasteiger partial charge in [-0.2, -0.15) is 10.4 Å². The molecule has 2 aromatic carbocycles. The molecule has 0 unspecified atom stereocenters. The number of aromatic nitrogens is 4. The molecule has 0 bridgehead atoms. The zero-order chi connectivity index (χ0) is 28.5. The molecule has 41 heavy (non-hydrogen) atoms. The van der Waals surface area contributed by atoms with Gasteiger partial charge in [-0.15, -0.1) is 0 Å². The molecule has 0 atom stereocenters. The predicted molar refractivity (Wildman–Crippen MR) is 157 cm³/mol. The second kappa shape index (κ2) is 10.8. The van der Waals surface area contributed by atoms with E-state index in [0.29, 0.717) is 23.1 Å². The van der Waals surface area contributed by atoms with Gasteiger partial charge in [0.25, 0.3) is 5.56 Å². The van der Waals surface area contributed by atoms with Gasteiger partial charge < -0.3 is 11.1 Å². The molecule has 3 N–H and O–H groups in total.